The standard InChI is InChI=1S/C14H20N6O3/c15-12(16)18-11-3-1-10(2-4-11)9-17-13(21)19-5-7-20(8-6-19)14(22)23/h1-4H,5-9H2,(H,17,21)(H,22,23)(H4,15,16,18). The molecule has 0 bridgehead atoms. The zero-order chi connectivity index (χ0) is 16.8. The molecular weight excluding hydrogens is 300 g/mol. The largest absolute Gasteiger partial charge is 0.465 e. The number of rotatable bonds is 3. The smallest absolute Gasteiger partial charge is 0.407 e. The van der Waals surface area contributed by atoms with Crippen molar-refractivity contribution in [1.29, 1.82) is 0 Å². The number of carbonyl (C=O) groups is 2. The Kier molecular flexibility index (Phi) is 5.23. The lowest BCUT2D eigenvalue weighted by Crippen LogP contribution is -2.52. The first-order chi connectivity index (χ1) is 11.0. The van der Waals surface area contributed by atoms with Crippen LogP contribution in [0.2, 0.25) is 0 Å². The summed E-state index contributed by atoms with van der Waals surface area (Å²) in [4.78, 5) is 29.7. The van der Waals surface area contributed by atoms with Crippen LogP contribution in [0.15, 0.2) is 29.3 Å². The number of hydrogen-bond acceptors (Lipinski definition) is 3. The molecule has 0 aromatic heterocycles. The number of benzene rings is 1. The number of guanidine groups is 1. The Morgan fingerprint density at radius 1 is 1.09 bits per heavy atom. The topological polar surface area (TPSA) is 137 Å². The Labute approximate surface area is 133 Å². The zero-order valence-corrected chi connectivity index (χ0v) is 12.6. The van der Waals surface area contributed by atoms with Crippen LogP contribution < -0.4 is 16.8 Å². The van der Waals surface area contributed by atoms with Crippen molar-refractivity contribution in [3.63, 3.8) is 0 Å². The lowest BCUT2D eigenvalue weighted by atomic mass is 10.2. The zero-order valence-electron chi connectivity index (χ0n) is 12.6. The Bertz CT molecular complexity index is 589. The number of piperazine rings is 1. The molecule has 0 unspecified atom stereocenters. The first-order valence-electron chi connectivity index (χ1n) is 7.15. The molecule has 1 aromatic rings. The first-order valence-corrected chi connectivity index (χ1v) is 7.15. The average Bonchev–Trinajstić information content (AvgIpc) is 2.53. The van der Waals surface area contributed by atoms with Crippen molar-refractivity contribution in [2.75, 3.05) is 26.2 Å². The molecule has 23 heavy (non-hydrogen) atoms. The molecule has 1 fully saturated rings. The summed E-state index contributed by atoms with van der Waals surface area (Å²) < 4.78 is 0. The number of nitrogens with two attached hydrogens (primary N) is 2. The van der Waals surface area contributed by atoms with Crippen LogP contribution >= 0.6 is 0 Å². The second kappa shape index (κ2) is 7.34. The van der Waals surface area contributed by atoms with E-state index in [9.17, 15) is 9.59 Å². The van der Waals surface area contributed by atoms with Crippen molar-refractivity contribution in [1.82, 2.24) is 15.1 Å². The number of hydrogen-bond donors (Lipinski definition) is 4. The first kappa shape index (κ1) is 16.4. The Hall–Kier alpha value is -2.97. The van der Waals surface area contributed by atoms with Gasteiger partial charge < -0.3 is 31.7 Å². The van der Waals surface area contributed by atoms with E-state index in [0.29, 0.717) is 38.4 Å². The van der Waals surface area contributed by atoms with Crippen molar-refractivity contribution < 1.29 is 14.7 Å². The van der Waals surface area contributed by atoms with E-state index in [-0.39, 0.29) is 12.0 Å². The average molecular weight is 320 g/mol. The second-order valence-corrected chi connectivity index (χ2v) is 5.12. The molecule has 0 saturated carbocycles. The Balaban J connectivity index is 1.80. The third kappa shape index (κ3) is 4.77. The van der Waals surface area contributed by atoms with E-state index >= 15 is 0 Å². The van der Waals surface area contributed by atoms with Crippen molar-refractivity contribution >= 4 is 23.8 Å². The van der Waals surface area contributed by atoms with Gasteiger partial charge in [0.2, 0.25) is 0 Å². The normalized spacial score (nSPS) is 14.3. The van der Waals surface area contributed by atoms with Crippen molar-refractivity contribution in [3.8, 4) is 0 Å². The van der Waals surface area contributed by atoms with Gasteiger partial charge in [-0.25, -0.2) is 14.6 Å². The van der Waals surface area contributed by atoms with Crippen molar-refractivity contribution in [2.45, 2.75) is 6.54 Å². The van der Waals surface area contributed by atoms with Gasteiger partial charge in [-0.1, -0.05) is 12.1 Å². The molecule has 3 amide bonds. The predicted octanol–water partition coefficient (Wildman–Crippen LogP) is 0.0967. The molecule has 1 aliphatic rings. The van der Waals surface area contributed by atoms with Gasteiger partial charge in [0.25, 0.3) is 0 Å². The van der Waals surface area contributed by atoms with Gasteiger partial charge in [-0.15, -0.1) is 0 Å². The maximum Gasteiger partial charge on any atom is 0.407 e. The highest BCUT2D eigenvalue weighted by Crippen LogP contribution is 2.12. The van der Waals surface area contributed by atoms with Gasteiger partial charge in [0.1, 0.15) is 0 Å². The van der Waals surface area contributed by atoms with E-state index < -0.39 is 6.09 Å². The molecule has 2 rings (SSSR count). The van der Waals surface area contributed by atoms with Crippen LogP contribution in [0, 0.1) is 0 Å². The third-order valence-electron chi connectivity index (χ3n) is 3.48. The summed E-state index contributed by atoms with van der Waals surface area (Å²) >= 11 is 0. The van der Waals surface area contributed by atoms with E-state index in [1.165, 1.54) is 4.90 Å². The molecule has 0 spiro atoms. The van der Waals surface area contributed by atoms with E-state index in [1.807, 2.05) is 12.1 Å². The van der Waals surface area contributed by atoms with Gasteiger partial charge in [-0.2, -0.15) is 0 Å². The molecule has 0 aliphatic carbocycles. The molecule has 0 atom stereocenters. The fraction of sp³-hybridized carbons (Fsp3) is 0.357. The number of aliphatic imine (C=N–C) groups is 1. The SMILES string of the molecule is NC(N)=Nc1ccc(CNC(=O)N2CCN(C(=O)O)CC2)cc1. The van der Waals surface area contributed by atoms with Crippen LogP contribution in [0.25, 0.3) is 0 Å². The van der Waals surface area contributed by atoms with Crippen LogP contribution in [-0.4, -0.2) is 59.2 Å². The van der Waals surface area contributed by atoms with E-state index in [0.717, 1.165) is 5.56 Å². The monoisotopic (exact) mass is 320 g/mol. The Morgan fingerprint density at radius 2 is 1.65 bits per heavy atom. The van der Waals surface area contributed by atoms with Crippen molar-refractivity contribution in [2.24, 2.45) is 16.5 Å². The van der Waals surface area contributed by atoms with Gasteiger partial charge in [0.15, 0.2) is 5.96 Å². The molecule has 124 valence electrons. The third-order valence-corrected chi connectivity index (χ3v) is 3.48. The Morgan fingerprint density at radius 3 is 2.17 bits per heavy atom. The maximum atomic E-state index is 12.1. The number of urea groups is 1. The highest BCUT2D eigenvalue weighted by Gasteiger charge is 2.23. The van der Waals surface area contributed by atoms with Gasteiger partial charge in [0.05, 0.1) is 5.69 Å². The quantitative estimate of drug-likeness (QED) is 0.462. The molecule has 1 aromatic carbocycles. The lowest BCUT2D eigenvalue weighted by Gasteiger charge is -2.33. The van der Waals surface area contributed by atoms with E-state index in [4.69, 9.17) is 16.6 Å². The summed E-state index contributed by atoms with van der Waals surface area (Å²) in [5.41, 5.74) is 12.2. The summed E-state index contributed by atoms with van der Waals surface area (Å²) in [7, 11) is 0. The van der Waals surface area contributed by atoms with Gasteiger partial charge in [-0.3, -0.25) is 0 Å². The van der Waals surface area contributed by atoms with Crippen LogP contribution in [0.1, 0.15) is 5.56 Å². The lowest BCUT2D eigenvalue weighted by molar-refractivity contribution is 0.112. The highest BCUT2D eigenvalue weighted by molar-refractivity contribution is 5.79. The number of amides is 3. The molecule has 9 nitrogen and oxygen atoms in total. The molecular formula is C14H20N6O3. The molecule has 9 heteroatoms. The number of carbonyl (C=O) groups excluding carboxylic acids is 1. The van der Waals surface area contributed by atoms with E-state index in [1.54, 1.807) is 17.0 Å². The molecule has 1 saturated heterocycles. The van der Waals surface area contributed by atoms with Crippen LogP contribution in [0.5, 0.6) is 0 Å². The highest BCUT2D eigenvalue weighted by atomic mass is 16.4. The van der Waals surface area contributed by atoms with E-state index in [2.05, 4.69) is 10.3 Å². The fourth-order valence-electron chi connectivity index (χ4n) is 2.23. The van der Waals surface area contributed by atoms with Gasteiger partial charge in [-0.05, 0) is 17.7 Å². The van der Waals surface area contributed by atoms with Crippen LogP contribution in [0.4, 0.5) is 15.3 Å². The molecule has 0 radical (unpaired) electrons. The predicted molar refractivity (Wildman–Crippen MR) is 85.3 cm³/mol. The minimum absolute atomic E-state index is 0.00782. The van der Waals surface area contributed by atoms with Crippen LogP contribution in [-0.2, 0) is 6.54 Å². The molecule has 1 aliphatic heterocycles. The summed E-state index contributed by atoms with van der Waals surface area (Å²) in [5.74, 6) is -0.00782. The van der Waals surface area contributed by atoms with Gasteiger partial charge in [0, 0.05) is 32.7 Å². The number of nitrogens with one attached hydrogen (secondary N) is 1. The summed E-state index contributed by atoms with van der Waals surface area (Å²) in [6.45, 7) is 1.81. The minimum atomic E-state index is -0.953. The number of nitrogens with zero attached hydrogens (tertiary/aromatic N) is 3. The number of carboxylic acid groups (broad SMARTS) is 1. The van der Waals surface area contributed by atoms with Crippen LogP contribution in [0.3, 0.4) is 0 Å². The molecule has 1 heterocycles. The van der Waals surface area contributed by atoms with Gasteiger partial charge >= 0.3 is 12.1 Å². The minimum Gasteiger partial charge on any atom is -0.465 e. The fourth-order valence-corrected chi connectivity index (χ4v) is 2.23. The second-order valence-electron chi connectivity index (χ2n) is 5.12. The summed E-state index contributed by atoms with van der Waals surface area (Å²) in [6, 6.07) is 6.96. The summed E-state index contributed by atoms with van der Waals surface area (Å²) in [6.07, 6.45) is -0.953. The van der Waals surface area contributed by atoms with Crippen molar-refractivity contribution in [3.05, 3.63) is 29.8 Å². The maximum absolute atomic E-state index is 12.1. The summed E-state index contributed by atoms with van der Waals surface area (Å²) in [5, 5.41) is 11.7. The molecule has 6 N–H and O–H groups in total.